The second kappa shape index (κ2) is 8.55. The fraction of sp³-hybridized carbons (Fsp3) is 0.533. The molecular weight excluding hydrogens is 258 g/mol. The van der Waals surface area contributed by atoms with Gasteiger partial charge in [-0.15, -0.1) is 0 Å². The second-order valence-electron chi connectivity index (χ2n) is 4.44. The summed E-state index contributed by atoms with van der Waals surface area (Å²) in [6.07, 6.45) is -0.687. The van der Waals surface area contributed by atoms with E-state index < -0.39 is 12.1 Å². The summed E-state index contributed by atoms with van der Waals surface area (Å²) >= 11 is 0. The van der Waals surface area contributed by atoms with Crippen LogP contribution in [-0.2, 0) is 4.74 Å². The van der Waals surface area contributed by atoms with Crippen molar-refractivity contribution in [2.45, 2.75) is 20.0 Å². The molecule has 1 N–H and O–H groups in total. The Morgan fingerprint density at radius 3 is 2.55 bits per heavy atom. The first kappa shape index (κ1) is 16.5. The van der Waals surface area contributed by atoms with E-state index in [-0.39, 0.29) is 6.61 Å². The molecule has 0 heterocycles. The molecule has 0 bridgehead atoms. The van der Waals surface area contributed by atoms with E-state index in [1.165, 1.54) is 7.11 Å². The number of esters is 1. The Bertz CT molecular complexity index is 418. The zero-order valence-corrected chi connectivity index (χ0v) is 12.3. The number of ether oxygens (including phenoxy) is 2. The lowest BCUT2D eigenvalue weighted by Crippen LogP contribution is -2.35. The van der Waals surface area contributed by atoms with Gasteiger partial charge in [0.05, 0.1) is 7.11 Å². The Balaban J connectivity index is 2.50. The molecule has 5 heteroatoms. The molecule has 0 spiro atoms. The predicted octanol–water partition coefficient (Wildman–Crippen LogP) is 1.55. The van der Waals surface area contributed by atoms with Gasteiger partial charge in [-0.1, -0.05) is 26.0 Å². The van der Waals surface area contributed by atoms with Gasteiger partial charge in [0.25, 0.3) is 0 Å². The highest BCUT2D eigenvalue weighted by molar-refractivity contribution is 5.92. The summed E-state index contributed by atoms with van der Waals surface area (Å²) in [6.45, 7) is 6.23. The van der Waals surface area contributed by atoms with Crippen LogP contribution in [0.15, 0.2) is 24.3 Å². The minimum Gasteiger partial charge on any atom is -0.496 e. The van der Waals surface area contributed by atoms with E-state index in [0.29, 0.717) is 17.9 Å². The highest BCUT2D eigenvalue weighted by Crippen LogP contribution is 2.18. The van der Waals surface area contributed by atoms with E-state index in [1.54, 1.807) is 24.3 Å². The molecule has 1 atom stereocenters. The van der Waals surface area contributed by atoms with Crippen molar-refractivity contribution >= 4 is 5.97 Å². The SMILES string of the molecule is CCN(CC)CC(O)COC(=O)c1ccccc1OC. The molecule has 1 unspecified atom stereocenters. The Kier molecular flexibility index (Phi) is 7.04. The maximum atomic E-state index is 11.9. The summed E-state index contributed by atoms with van der Waals surface area (Å²) in [6, 6.07) is 6.86. The first-order valence-corrected chi connectivity index (χ1v) is 6.82. The average molecular weight is 281 g/mol. The number of rotatable bonds is 8. The van der Waals surface area contributed by atoms with Crippen molar-refractivity contribution in [3.8, 4) is 5.75 Å². The van der Waals surface area contributed by atoms with Crippen LogP contribution >= 0.6 is 0 Å². The number of nitrogens with zero attached hydrogens (tertiary/aromatic N) is 1. The van der Waals surface area contributed by atoms with Gasteiger partial charge in [-0.2, -0.15) is 0 Å². The molecule has 0 fully saturated rings. The van der Waals surface area contributed by atoms with Crippen molar-refractivity contribution in [1.29, 1.82) is 0 Å². The molecule has 0 aliphatic carbocycles. The number of benzene rings is 1. The third-order valence-corrected chi connectivity index (χ3v) is 3.10. The molecule has 0 aliphatic rings. The van der Waals surface area contributed by atoms with Gasteiger partial charge in [-0.3, -0.25) is 0 Å². The van der Waals surface area contributed by atoms with Crippen LogP contribution in [0.5, 0.6) is 5.75 Å². The Morgan fingerprint density at radius 1 is 1.30 bits per heavy atom. The Morgan fingerprint density at radius 2 is 1.95 bits per heavy atom. The summed E-state index contributed by atoms with van der Waals surface area (Å²) in [7, 11) is 1.50. The highest BCUT2D eigenvalue weighted by atomic mass is 16.5. The molecule has 1 rings (SSSR count). The summed E-state index contributed by atoms with van der Waals surface area (Å²) in [5.74, 6) is -0.0169. The largest absolute Gasteiger partial charge is 0.496 e. The van der Waals surface area contributed by atoms with Gasteiger partial charge in [0.2, 0.25) is 0 Å². The van der Waals surface area contributed by atoms with Crippen molar-refractivity contribution < 1.29 is 19.4 Å². The van der Waals surface area contributed by atoms with Crippen LogP contribution in [0.25, 0.3) is 0 Å². The number of hydrogen-bond acceptors (Lipinski definition) is 5. The van der Waals surface area contributed by atoms with Crippen LogP contribution in [0.3, 0.4) is 0 Å². The lowest BCUT2D eigenvalue weighted by atomic mass is 10.2. The van der Waals surface area contributed by atoms with Crippen LogP contribution in [0.2, 0.25) is 0 Å². The van der Waals surface area contributed by atoms with Crippen molar-refractivity contribution in [1.82, 2.24) is 4.90 Å². The number of likely N-dealkylation sites (N-methyl/N-ethyl adjacent to an activating group) is 1. The van der Waals surface area contributed by atoms with Crippen molar-refractivity contribution in [2.75, 3.05) is 33.4 Å². The number of aliphatic hydroxyl groups excluding tert-OH is 1. The van der Waals surface area contributed by atoms with Gasteiger partial charge in [0.15, 0.2) is 0 Å². The number of carbonyl (C=O) groups is 1. The van der Waals surface area contributed by atoms with Crippen molar-refractivity contribution in [3.05, 3.63) is 29.8 Å². The third kappa shape index (κ3) is 4.83. The molecule has 0 saturated carbocycles. The fourth-order valence-electron chi connectivity index (χ4n) is 1.90. The summed E-state index contributed by atoms with van der Waals surface area (Å²) < 4.78 is 10.2. The van der Waals surface area contributed by atoms with Crippen LogP contribution in [-0.4, -0.2) is 55.4 Å². The molecule has 0 aromatic heterocycles. The van der Waals surface area contributed by atoms with E-state index in [2.05, 4.69) is 4.90 Å². The fourth-order valence-corrected chi connectivity index (χ4v) is 1.90. The Hall–Kier alpha value is -1.59. The number of carbonyl (C=O) groups excluding carboxylic acids is 1. The lowest BCUT2D eigenvalue weighted by molar-refractivity contribution is 0.0164. The lowest BCUT2D eigenvalue weighted by Gasteiger charge is -2.21. The van der Waals surface area contributed by atoms with Gasteiger partial charge >= 0.3 is 5.97 Å². The minimum absolute atomic E-state index is 0.0205. The molecule has 0 amide bonds. The van der Waals surface area contributed by atoms with Gasteiger partial charge in [-0.05, 0) is 25.2 Å². The monoisotopic (exact) mass is 281 g/mol. The normalized spacial score (nSPS) is 12.2. The molecule has 0 aliphatic heterocycles. The second-order valence-corrected chi connectivity index (χ2v) is 4.44. The summed E-state index contributed by atoms with van der Waals surface area (Å²) in [5, 5.41) is 9.85. The molecule has 112 valence electrons. The predicted molar refractivity (Wildman–Crippen MR) is 77.1 cm³/mol. The first-order chi connectivity index (χ1) is 9.62. The molecule has 5 nitrogen and oxygen atoms in total. The van der Waals surface area contributed by atoms with Crippen LogP contribution in [0.1, 0.15) is 24.2 Å². The minimum atomic E-state index is -0.687. The number of methoxy groups -OCH3 is 1. The van der Waals surface area contributed by atoms with Crippen molar-refractivity contribution in [2.24, 2.45) is 0 Å². The van der Waals surface area contributed by atoms with Crippen LogP contribution in [0, 0.1) is 0 Å². The van der Waals surface area contributed by atoms with Gasteiger partial charge in [0.1, 0.15) is 24.0 Å². The Labute approximate surface area is 120 Å². The topological polar surface area (TPSA) is 59.0 Å². The number of aliphatic hydroxyl groups is 1. The quantitative estimate of drug-likeness (QED) is 0.733. The maximum Gasteiger partial charge on any atom is 0.342 e. The zero-order valence-electron chi connectivity index (χ0n) is 12.3. The molecule has 1 aromatic rings. The highest BCUT2D eigenvalue weighted by Gasteiger charge is 2.16. The van der Waals surface area contributed by atoms with E-state index in [1.807, 2.05) is 13.8 Å². The van der Waals surface area contributed by atoms with E-state index in [9.17, 15) is 9.90 Å². The smallest absolute Gasteiger partial charge is 0.342 e. The third-order valence-electron chi connectivity index (χ3n) is 3.10. The van der Waals surface area contributed by atoms with Crippen molar-refractivity contribution in [3.63, 3.8) is 0 Å². The van der Waals surface area contributed by atoms with Crippen LogP contribution < -0.4 is 4.74 Å². The molecule has 0 saturated heterocycles. The first-order valence-electron chi connectivity index (χ1n) is 6.82. The molecule has 0 radical (unpaired) electrons. The maximum absolute atomic E-state index is 11.9. The average Bonchev–Trinajstić information content (AvgIpc) is 2.50. The molecule has 20 heavy (non-hydrogen) atoms. The summed E-state index contributed by atoms with van der Waals surface area (Å²) in [4.78, 5) is 14.0. The standard InChI is InChI=1S/C15H23NO4/c1-4-16(5-2)10-12(17)11-20-15(18)13-8-6-7-9-14(13)19-3/h6-9,12,17H,4-5,10-11H2,1-3H3. The van der Waals surface area contributed by atoms with E-state index >= 15 is 0 Å². The molecule has 1 aromatic carbocycles. The van der Waals surface area contributed by atoms with E-state index in [0.717, 1.165) is 13.1 Å². The van der Waals surface area contributed by atoms with E-state index in [4.69, 9.17) is 9.47 Å². The van der Waals surface area contributed by atoms with Gasteiger partial charge in [0, 0.05) is 6.54 Å². The number of hydrogen-bond donors (Lipinski definition) is 1. The van der Waals surface area contributed by atoms with Crippen LogP contribution in [0.4, 0.5) is 0 Å². The van der Waals surface area contributed by atoms with Gasteiger partial charge in [-0.25, -0.2) is 4.79 Å². The van der Waals surface area contributed by atoms with Gasteiger partial charge < -0.3 is 19.5 Å². The molecular formula is C15H23NO4. The zero-order chi connectivity index (χ0) is 15.0. The summed E-state index contributed by atoms with van der Waals surface area (Å²) in [5.41, 5.74) is 0.366. The number of para-hydroxylation sites is 1.